The predicted molar refractivity (Wildman–Crippen MR) is 67.4 cm³/mol. The molecule has 88 valence electrons. The van der Waals surface area contributed by atoms with Crippen LogP contribution in [0.15, 0.2) is 18.5 Å². The molecule has 1 saturated carbocycles. The smallest absolute Gasteiger partial charge is 0.0400 e. The third kappa shape index (κ3) is 2.95. The van der Waals surface area contributed by atoms with Crippen molar-refractivity contribution in [3.8, 4) is 0 Å². The van der Waals surface area contributed by atoms with E-state index in [-0.39, 0.29) is 0 Å². The molecule has 2 atom stereocenters. The zero-order valence-electron chi connectivity index (χ0n) is 9.95. The SMILES string of the molecule is Cc1cnccc1NCC1CCCC(N)C1. The molecule has 1 aliphatic carbocycles. The summed E-state index contributed by atoms with van der Waals surface area (Å²) in [6.07, 6.45) is 8.69. The highest BCUT2D eigenvalue weighted by molar-refractivity contribution is 5.48. The van der Waals surface area contributed by atoms with E-state index in [1.54, 1.807) is 0 Å². The van der Waals surface area contributed by atoms with Crippen molar-refractivity contribution >= 4 is 5.69 Å². The lowest BCUT2D eigenvalue weighted by Gasteiger charge is -2.27. The summed E-state index contributed by atoms with van der Waals surface area (Å²) in [4.78, 5) is 4.09. The zero-order valence-corrected chi connectivity index (χ0v) is 9.95. The number of aryl methyl sites for hydroxylation is 1. The molecular formula is C13H21N3. The monoisotopic (exact) mass is 219 g/mol. The molecule has 1 aromatic rings. The van der Waals surface area contributed by atoms with Gasteiger partial charge < -0.3 is 11.1 Å². The Morgan fingerprint density at radius 1 is 1.50 bits per heavy atom. The van der Waals surface area contributed by atoms with Gasteiger partial charge in [-0.05, 0) is 43.7 Å². The maximum atomic E-state index is 5.99. The molecule has 1 fully saturated rings. The molecule has 2 rings (SSSR count). The second kappa shape index (κ2) is 5.30. The Bertz CT molecular complexity index is 338. The van der Waals surface area contributed by atoms with Gasteiger partial charge in [0.2, 0.25) is 0 Å². The molecule has 0 saturated heterocycles. The number of hydrogen-bond acceptors (Lipinski definition) is 3. The van der Waals surface area contributed by atoms with E-state index < -0.39 is 0 Å². The molecule has 3 heteroatoms. The summed E-state index contributed by atoms with van der Waals surface area (Å²) in [6, 6.07) is 2.46. The third-order valence-electron chi connectivity index (χ3n) is 3.42. The standard InChI is InChI=1S/C13H21N3/c1-10-8-15-6-5-13(10)16-9-11-3-2-4-12(14)7-11/h5-6,8,11-12H,2-4,7,9,14H2,1H3,(H,15,16). The quantitative estimate of drug-likeness (QED) is 0.820. The van der Waals surface area contributed by atoms with Crippen molar-refractivity contribution in [2.45, 2.75) is 38.6 Å². The van der Waals surface area contributed by atoms with E-state index in [1.807, 2.05) is 18.5 Å². The molecule has 3 nitrogen and oxygen atoms in total. The summed E-state index contributed by atoms with van der Waals surface area (Å²) in [5, 5.41) is 3.51. The minimum atomic E-state index is 0.416. The van der Waals surface area contributed by atoms with Crippen molar-refractivity contribution < 1.29 is 0 Å². The lowest BCUT2D eigenvalue weighted by atomic mass is 9.86. The number of rotatable bonds is 3. The van der Waals surface area contributed by atoms with Crippen LogP contribution in [0.2, 0.25) is 0 Å². The van der Waals surface area contributed by atoms with Gasteiger partial charge in [-0.3, -0.25) is 4.98 Å². The molecule has 0 aromatic carbocycles. The topological polar surface area (TPSA) is 50.9 Å². The van der Waals surface area contributed by atoms with Crippen molar-refractivity contribution in [1.29, 1.82) is 0 Å². The number of aromatic nitrogens is 1. The van der Waals surface area contributed by atoms with Crippen molar-refractivity contribution in [3.05, 3.63) is 24.0 Å². The summed E-state index contributed by atoms with van der Waals surface area (Å²) < 4.78 is 0. The Morgan fingerprint density at radius 3 is 3.12 bits per heavy atom. The first-order valence-corrected chi connectivity index (χ1v) is 6.16. The Morgan fingerprint density at radius 2 is 2.38 bits per heavy atom. The van der Waals surface area contributed by atoms with Crippen LogP contribution in [0, 0.1) is 12.8 Å². The van der Waals surface area contributed by atoms with E-state index in [2.05, 4.69) is 17.2 Å². The fraction of sp³-hybridized carbons (Fsp3) is 0.615. The van der Waals surface area contributed by atoms with Crippen LogP contribution in [-0.2, 0) is 0 Å². The van der Waals surface area contributed by atoms with Gasteiger partial charge in [0.05, 0.1) is 0 Å². The highest BCUT2D eigenvalue weighted by atomic mass is 14.9. The first kappa shape index (κ1) is 11.4. The van der Waals surface area contributed by atoms with Crippen LogP contribution in [-0.4, -0.2) is 17.6 Å². The molecule has 0 bridgehead atoms. The fourth-order valence-electron chi connectivity index (χ4n) is 2.44. The highest BCUT2D eigenvalue weighted by Crippen LogP contribution is 2.23. The summed E-state index contributed by atoms with van der Waals surface area (Å²) in [6.45, 7) is 3.13. The summed E-state index contributed by atoms with van der Waals surface area (Å²) in [5.41, 5.74) is 8.40. The maximum absolute atomic E-state index is 5.99. The van der Waals surface area contributed by atoms with Crippen molar-refractivity contribution in [2.75, 3.05) is 11.9 Å². The van der Waals surface area contributed by atoms with E-state index in [1.165, 1.54) is 30.5 Å². The zero-order chi connectivity index (χ0) is 11.4. The van der Waals surface area contributed by atoms with E-state index in [9.17, 15) is 0 Å². The number of hydrogen-bond donors (Lipinski definition) is 2. The molecule has 2 unspecified atom stereocenters. The molecular weight excluding hydrogens is 198 g/mol. The van der Waals surface area contributed by atoms with Gasteiger partial charge in [-0.25, -0.2) is 0 Å². The van der Waals surface area contributed by atoms with Gasteiger partial charge in [-0.2, -0.15) is 0 Å². The van der Waals surface area contributed by atoms with Crippen LogP contribution >= 0.6 is 0 Å². The Balaban J connectivity index is 1.85. The Kier molecular flexibility index (Phi) is 3.78. The predicted octanol–water partition coefficient (Wildman–Crippen LogP) is 2.32. The van der Waals surface area contributed by atoms with E-state index >= 15 is 0 Å². The number of nitrogens with two attached hydrogens (primary N) is 1. The normalized spacial score (nSPS) is 25.4. The van der Waals surface area contributed by atoms with Gasteiger partial charge in [-0.1, -0.05) is 6.42 Å². The van der Waals surface area contributed by atoms with Crippen LogP contribution in [0.25, 0.3) is 0 Å². The van der Waals surface area contributed by atoms with E-state index in [0.717, 1.165) is 18.9 Å². The molecule has 1 aromatic heterocycles. The van der Waals surface area contributed by atoms with Crippen LogP contribution in [0.1, 0.15) is 31.2 Å². The molecule has 1 aliphatic rings. The first-order chi connectivity index (χ1) is 7.75. The second-order valence-electron chi connectivity index (χ2n) is 4.86. The first-order valence-electron chi connectivity index (χ1n) is 6.16. The molecule has 3 N–H and O–H groups in total. The van der Waals surface area contributed by atoms with E-state index in [0.29, 0.717) is 6.04 Å². The van der Waals surface area contributed by atoms with Crippen LogP contribution in [0.4, 0.5) is 5.69 Å². The third-order valence-corrected chi connectivity index (χ3v) is 3.42. The lowest BCUT2D eigenvalue weighted by Crippen LogP contribution is -2.31. The average Bonchev–Trinajstić information content (AvgIpc) is 2.28. The van der Waals surface area contributed by atoms with Crippen molar-refractivity contribution in [3.63, 3.8) is 0 Å². The number of pyridine rings is 1. The Labute approximate surface area is 97.5 Å². The number of anilines is 1. The van der Waals surface area contributed by atoms with E-state index in [4.69, 9.17) is 5.73 Å². The second-order valence-corrected chi connectivity index (χ2v) is 4.86. The molecule has 0 amide bonds. The average molecular weight is 219 g/mol. The number of nitrogens with one attached hydrogen (secondary N) is 1. The minimum absolute atomic E-state index is 0.416. The summed E-state index contributed by atoms with van der Waals surface area (Å²) in [5.74, 6) is 0.733. The molecule has 16 heavy (non-hydrogen) atoms. The molecule has 0 radical (unpaired) electrons. The van der Waals surface area contributed by atoms with Crippen molar-refractivity contribution in [2.24, 2.45) is 11.7 Å². The maximum Gasteiger partial charge on any atom is 0.0400 e. The van der Waals surface area contributed by atoms with Crippen LogP contribution < -0.4 is 11.1 Å². The minimum Gasteiger partial charge on any atom is -0.384 e. The van der Waals surface area contributed by atoms with Gasteiger partial charge in [0, 0.05) is 30.7 Å². The van der Waals surface area contributed by atoms with Crippen molar-refractivity contribution in [1.82, 2.24) is 4.98 Å². The highest BCUT2D eigenvalue weighted by Gasteiger charge is 2.18. The Hall–Kier alpha value is -1.09. The largest absolute Gasteiger partial charge is 0.384 e. The van der Waals surface area contributed by atoms with Crippen LogP contribution in [0.3, 0.4) is 0 Å². The van der Waals surface area contributed by atoms with Gasteiger partial charge >= 0.3 is 0 Å². The lowest BCUT2D eigenvalue weighted by molar-refractivity contribution is 0.335. The molecule has 1 heterocycles. The fourth-order valence-corrected chi connectivity index (χ4v) is 2.44. The van der Waals surface area contributed by atoms with Crippen LogP contribution in [0.5, 0.6) is 0 Å². The summed E-state index contributed by atoms with van der Waals surface area (Å²) in [7, 11) is 0. The van der Waals surface area contributed by atoms with Gasteiger partial charge in [-0.15, -0.1) is 0 Å². The van der Waals surface area contributed by atoms with Gasteiger partial charge in [0.1, 0.15) is 0 Å². The van der Waals surface area contributed by atoms with Gasteiger partial charge in [0.25, 0.3) is 0 Å². The molecule has 0 spiro atoms. The van der Waals surface area contributed by atoms with Gasteiger partial charge in [0.15, 0.2) is 0 Å². The number of nitrogens with zero attached hydrogens (tertiary/aromatic N) is 1. The summed E-state index contributed by atoms with van der Waals surface area (Å²) >= 11 is 0. The molecule has 0 aliphatic heterocycles.